The Morgan fingerprint density at radius 3 is 2.96 bits per heavy atom. The molecule has 0 aliphatic rings. The third kappa shape index (κ3) is 3.09. The molecule has 1 aromatic carbocycles. The molecular formula is C15H16N6O3. The molecule has 0 saturated carbocycles. The van der Waals surface area contributed by atoms with Crippen LogP contribution < -0.4 is 5.32 Å². The molecule has 0 spiro atoms. The number of amides is 1. The number of carbonyl (C=O) groups is 2. The highest BCUT2D eigenvalue weighted by molar-refractivity contribution is 5.93. The third-order valence-electron chi connectivity index (χ3n) is 3.59. The topological polar surface area (TPSA) is 115 Å². The van der Waals surface area contributed by atoms with Gasteiger partial charge >= 0.3 is 5.97 Å². The Bertz CT molecular complexity index is 871. The van der Waals surface area contributed by atoms with Crippen molar-refractivity contribution in [3.63, 3.8) is 0 Å². The van der Waals surface area contributed by atoms with E-state index < -0.39 is 12.0 Å². The second-order valence-electron chi connectivity index (χ2n) is 5.18. The minimum atomic E-state index is -0.470. The number of fused-ring (bicyclic) bond motifs is 1. The third-order valence-corrected chi connectivity index (χ3v) is 3.59. The zero-order valence-corrected chi connectivity index (χ0v) is 13.2. The van der Waals surface area contributed by atoms with Gasteiger partial charge in [0.15, 0.2) is 0 Å². The number of rotatable bonds is 5. The van der Waals surface area contributed by atoms with E-state index in [0.717, 1.165) is 0 Å². The van der Waals surface area contributed by atoms with E-state index in [9.17, 15) is 9.59 Å². The molecule has 2 aromatic heterocycles. The fourth-order valence-electron chi connectivity index (χ4n) is 2.25. The van der Waals surface area contributed by atoms with Crippen LogP contribution >= 0.6 is 0 Å². The summed E-state index contributed by atoms with van der Waals surface area (Å²) in [5, 5.41) is 6.72. The van der Waals surface area contributed by atoms with Crippen LogP contribution in [0.25, 0.3) is 11.0 Å². The summed E-state index contributed by atoms with van der Waals surface area (Å²) < 4.78 is 6.16. The van der Waals surface area contributed by atoms with Crippen molar-refractivity contribution in [1.29, 1.82) is 0 Å². The number of imidazole rings is 1. The quantitative estimate of drug-likeness (QED) is 0.670. The molecule has 0 unspecified atom stereocenters. The summed E-state index contributed by atoms with van der Waals surface area (Å²) >= 11 is 0. The number of methoxy groups -OCH3 is 1. The first-order valence-electron chi connectivity index (χ1n) is 7.27. The number of benzene rings is 1. The number of esters is 1. The Labute approximate surface area is 137 Å². The van der Waals surface area contributed by atoms with E-state index >= 15 is 0 Å². The van der Waals surface area contributed by atoms with Crippen LogP contribution in [-0.4, -0.2) is 43.7 Å². The van der Waals surface area contributed by atoms with Crippen molar-refractivity contribution in [1.82, 2.24) is 30.0 Å². The minimum Gasteiger partial charge on any atom is -0.465 e. The first-order valence-corrected chi connectivity index (χ1v) is 7.27. The van der Waals surface area contributed by atoms with Crippen molar-refractivity contribution in [3.8, 4) is 0 Å². The van der Waals surface area contributed by atoms with Gasteiger partial charge in [-0.2, -0.15) is 5.10 Å². The van der Waals surface area contributed by atoms with Crippen LogP contribution in [0.4, 0.5) is 0 Å². The molecule has 1 amide bonds. The Morgan fingerprint density at radius 1 is 1.42 bits per heavy atom. The smallest absolute Gasteiger partial charge is 0.337 e. The van der Waals surface area contributed by atoms with Crippen molar-refractivity contribution < 1.29 is 14.3 Å². The molecule has 0 aliphatic heterocycles. The van der Waals surface area contributed by atoms with E-state index in [-0.39, 0.29) is 12.5 Å². The lowest BCUT2D eigenvalue weighted by molar-refractivity contribution is -0.124. The lowest BCUT2D eigenvalue weighted by Gasteiger charge is -2.10. The first-order chi connectivity index (χ1) is 11.6. The molecule has 0 bridgehead atoms. The van der Waals surface area contributed by atoms with E-state index in [1.807, 2.05) is 0 Å². The number of ether oxygens (including phenoxy) is 1. The van der Waals surface area contributed by atoms with Gasteiger partial charge in [0.05, 0.1) is 30.3 Å². The maximum absolute atomic E-state index is 12.1. The number of hydrogen-bond acceptors (Lipinski definition) is 6. The summed E-state index contributed by atoms with van der Waals surface area (Å²) in [7, 11) is 1.33. The lowest BCUT2D eigenvalue weighted by Crippen LogP contribution is -2.31. The molecule has 9 heteroatoms. The molecule has 0 saturated heterocycles. The van der Waals surface area contributed by atoms with E-state index in [0.29, 0.717) is 22.4 Å². The van der Waals surface area contributed by atoms with Gasteiger partial charge in [-0.1, -0.05) is 0 Å². The zero-order valence-electron chi connectivity index (χ0n) is 13.2. The van der Waals surface area contributed by atoms with E-state index in [1.54, 1.807) is 25.1 Å². The molecule has 1 atom stereocenters. The van der Waals surface area contributed by atoms with Gasteiger partial charge in [0, 0.05) is 0 Å². The summed E-state index contributed by atoms with van der Waals surface area (Å²) in [5.74, 6) is -0.0228. The molecule has 0 radical (unpaired) electrons. The molecular weight excluding hydrogens is 312 g/mol. The standard InChI is InChI=1S/C15H16N6O3/c1-9(21-8-16-7-18-21)14(22)17-6-13-19-11-4-3-10(15(23)24-2)5-12(11)20-13/h3-5,7-9H,6H2,1-2H3,(H,17,22)(H,19,20)/t9-/m1/s1. The zero-order chi connectivity index (χ0) is 17.1. The van der Waals surface area contributed by atoms with Crippen molar-refractivity contribution in [2.24, 2.45) is 0 Å². The second kappa shape index (κ2) is 6.49. The predicted octanol–water partition coefficient (Wildman–Crippen LogP) is 0.818. The Balaban J connectivity index is 1.69. The van der Waals surface area contributed by atoms with Gasteiger partial charge in [0.25, 0.3) is 0 Å². The summed E-state index contributed by atoms with van der Waals surface area (Å²) in [4.78, 5) is 34.9. The van der Waals surface area contributed by atoms with Crippen molar-refractivity contribution in [2.75, 3.05) is 7.11 Å². The Hall–Kier alpha value is -3.23. The van der Waals surface area contributed by atoms with E-state index in [4.69, 9.17) is 0 Å². The number of nitrogens with one attached hydrogen (secondary N) is 2. The van der Waals surface area contributed by atoms with Crippen LogP contribution in [0.3, 0.4) is 0 Å². The lowest BCUT2D eigenvalue weighted by atomic mass is 10.2. The molecule has 0 aliphatic carbocycles. The monoisotopic (exact) mass is 328 g/mol. The number of H-pyrrole nitrogens is 1. The molecule has 2 heterocycles. The van der Waals surface area contributed by atoms with Gasteiger partial charge in [0.2, 0.25) is 5.91 Å². The summed E-state index contributed by atoms with van der Waals surface area (Å²) in [6.07, 6.45) is 2.86. The van der Waals surface area contributed by atoms with Crippen LogP contribution in [0.1, 0.15) is 29.1 Å². The second-order valence-corrected chi connectivity index (χ2v) is 5.18. The molecule has 2 N–H and O–H groups in total. The number of carbonyl (C=O) groups excluding carboxylic acids is 2. The molecule has 3 rings (SSSR count). The van der Waals surface area contributed by atoms with Crippen LogP contribution in [0.15, 0.2) is 30.9 Å². The Kier molecular flexibility index (Phi) is 4.23. The number of hydrogen-bond donors (Lipinski definition) is 2. The summed E-state index contributed by atoms with van der Waals surface area (Å²) in [6.45, 7) is 1.96. The van der Waals surface area contributed by atoms with Gasteiger partial charge < -0.3 is 15.0 Å². The fourth-order valence-corrected chi connectivity index (χ4v) is 2.25. The Morgan fingerprint density at radius 2 is 2.25 bits per heavy atom. The van der Waals surface area contributed by atoms with Gasteiger partial charge in [-0.3, -0.25) is 4.79 Å². The predicted molar refractivity (Wildman–Crippen MR) is 84.0 cm³/mol. The SMILES string of the molecule is COC(=O)c1ccc2nc(CNC(=O)[C@@H](C)n3cncn3)[nH]c2c1. The minimum absolute atomic E-state index is 0.198. The van der Waals surface area contributed by atoms with Gasteiger partial charge in [-0.15, -0.1) is 0 Å². The molecule has 124 valence electrons. The van der Waals surface area contributed by atoms with Crippen LogP contribution in [0.5, 0.6) is 0 Å². The fraction of sp³-hybridized carbons (Fsp3) is 0.267. The maximum Gasteiger partial charge on any atom is 0.337 e. The average molecular weight is 328 g/mol. The number of aromatic amines is 1. The normalized spacial score (nSPS) is 12.1. The highest BCUT2D eigenvalue weighted by Gasteiger charge is 2.16. The first kappa shape index (κ1) is 15.7. The number of aromatic nitrogens is 5. The van der Waals surface area contributed by atoms with Gasteiger partial charge in [-0.05, 0) is 25.1 Å². The molecule has 24 heavy (non-hydrogen) atoms. The maximum atomic E-state index is 12.1. The molecule has 9 nitrogen and oxygen atoms in total. The number of nitrogens with zero attached hydrogens (tertiary/aromatic N) is 4. The van der Waals surface area contributed by atoms with E-state index in [1.165, 1.54) is 24.4 Å². The molecule has 0 fully saturated rings. The van der Waals surface area contributed by atoms with Gasteiger partial charge in [-0.25, -0.2) is 19.4 Å². The molecule has 3 aromatic rings. The van der Waals surface area contributed by atoms with Gasteiger partial charge in [0.1, 0.15) is 24.5 Å². The van der Waals surface area contributed by atoms with Crippen LogP contribution in [0, 0.1) is 0 Å². The van der Waals surface area contributed by atoms with Crippen LogP contribution in [0.2, 0.25) is 0 Å². The average Bonchev–Trinajstić information content (AvgIpc) is 3.26. The largest absolute Gasteiger partial charge is 0.465 e. The van der Waals surface area contributed by atoms with Crippen LogP contribution in [-0.2, 0) is 16.1 Å². The summed E-state index contributed by atoms with van der Waals surface area (Å²) in [6, 6.07) is 4.56. The van der Waals surface area contributed by atoms with Crippen molar-refractivity contribution in [3.05, 3.63) is 42.2 Å². The van der Waals surface area contributed by atoms with E-state index in [2.05, 4.69) is 30.1 Å². The highest BCUT2D eigenvalue weighted by Crippen LogP contribution is 2.14. The van der Waals surface area contributed by atoms with Crippen molar-refractivity contribution in [2.45, 2.75) is 19.5 Å². The summed E-state index contributed by atoms with van der Waals surface area (Å²) in [5.41, 5.74) is 1.84. The highest BCUT2D eigenvalue weighted by atomic mass is 16.5. The van der Waals surface area contributed by atoms with Crippen molar-refractivity contribution >= 4 is 22.9 Å².